The summed E-state index contributed by atoms with van der Waals surface area (Å²) in [5.74, 6) is 0. The Morgan fingerprint density at radius 2 is 0.855 bits per heavy atom. The van der Waals surface area contributed by atoms with Crippen LogP contribution in [0.2, 0.25) is 0 Å². The minimum atomic E-state index is 0.893. The van der Waals surface area contributed by atoms with E-state index in [1.807, 2.05) is 0 Å². The maximum absolute atomic E-state index is 7.00. The minimum Gasteiger partial charge on any atom is -0.454 e. The van der Waals surface area contributed by atoms with E-state index < -0.39 is 0 Å². The average Bonchev–Trinajstić information content (AvgIpc) is 3.99. The van der Waals surface area contributed by atoms with Crippen LogP contribution in [0.3, 0.4) is 0 Å². The van der Waals surface area contributed by atoms with Crippen molar-refractivity contribution in [2.24, 2.45) is 0 Å². The normalized spacial score (nSPS) is 12.4. The predicted molar refractivity (Wildman–Crippen MR) is 230 cm³/mol. The van der Waals surface area contributed by atoms with E-state index in [2.05, 4.69) is 191 Å². The van der Waals surface area contributed by atoms with Crippen molar-refractivity contribution in [1.29, 1.82) is 0 Å². The van der Waals surface area contributed by atoms with Gasteiger partial charge < -0.3 is 13.6 Å². The highest BCUT2D eigenvalue weighted by atomic mass is 16.3. The van der Waals surface area contributed by atoms with Gasteiger partial charge in [-0.2, -0.15) is 0 Å². The maximum atomic E-state index is 7.00. The van der Waals surface area contributed by atoms with Crippen molar-refractivity contribution in [1.82, 2.24) is 9.13 Å². The highest BCUT2D eigenvalue weighted by molar-refractivity contribution is 6.39. The summed E-state index contributed by atoms with van der Waals surface area (Å²) in [6.45, 7) is 0. The van der Waals surface area contributed by atoms with Crippen LogP contribution in [0.5, 0.6) is 0 Å². The predicted octanol–water partition coefficient (Wildman–Crippen LogP) is 14.2. The van der Waals surface area contributed by atoms with Gasteiger partial charge in [-0.15, -0.1) is 0 Å². The molecule has 0 bridgehead atoms. The molecule has 3 nitrogen and oxygen atoms in total. The van der Waals surface area contributed by atoms with Gasteiger partial charge in [0.2, 0.25) is 0 Å². The fourth-order valence-electron chi connectivity index (χ4n) is 9.85. The van der Waals surface area contributed by atoms with Crippen molar-refractivity contribution in [3.05, 3.63) is 182 Å². The zero-order valence-corrected chi connectivity index (χ0v) is 29.6. The third-order valence-electron chi connectivity index (χ3n) is 12.0. The van der Waals surface area contributed by atoms with Crippen LogP contribution in [-0.4, -0.2) is 9.13 Å². The summed E-state index contributed by atoms with van der Waals surface area (Å²) in [5.41, 5.74) is 16.4. The second kappa shape index (κ2) is 10.6. The van der Waals surface area contributed by atoms with Crippen LogP contribution in [-0.2, 0) is 0 Å². The molecule has 3 aromatic heterocycles. The standard InChI is InChI=1S/C52H30N2O/c1-2-13-32(14-3-1)53-43-22-9-6-17-40(43)47-48-42-19-8-11-24-45(42)55-52(48)51-49(50(47)53)41-18-7-10-23-44(41)54(51)33-27-25-31(26-28-33)34-29-30-39-36-16-5-4-15-35(36)38-21-12-20-37(34)46(38)39/h1-30H. The lowest BCUT2D eigenvalue weighted by Gasteiger charge is -2.13. The van der Waals surface area contributed by atoms with Gasteiger partial charge in [0.15, 0.2) is 5.58 Å². The molecule has 9 aromatic carbocycles. The van der Waals surface area contributed by atoms with Crippen LogP contribution in [0.15, 0.2) is 186 Å². The number of hydrogen-bond donors (Lipinski definition) is 0. The zero-order valence-electron chi connectivity index (χ0n) is 29.6. The van der Waals surface area contributed by atoms with Gasteiger partial charge in [-0.25, -0.2) is 0 Å². The minimum absolute atomic E-state index is 0.893. The summed E-state index contributed by atoms with van der Waals surface area (Å²) in [5, 5.41) is 9.73. The van der Waals surface area contributed by atoms with Crippen LogP contribution < -0.4 is 0 Å². The van der Waals surface area contributed by atoms with E-state index in [1.54, 1.807) is 0 Å². The van der Waals surface area contributed by atoms with Crippen LogP contribution >= 0.6 is 0 Å². The molecule has 0 saturated heterocycles. The number of nitrogens with zero attached hydrogens (tertiary/aromatic N) is 2. The van der Waals surface area contributed by atoms with Crippen molar-refractivity contribution in [3.63, 3.8) is 0 Å². The van der Waals surface area contributed by atoms with Crippen LogP contribution in [0.4, 0.5) is 0 Å². The number of hydrogen-bond acceptors (Lipinski definition) is 1. The van der Waals surface area contributed by atoms with Gasteiger partial charge in [0.25, 0.3) is 0 Å². The monoisotopic (exact) mass is 698 g/mol. The first-order valence-electron chi connectivity index (χ1n) is 18.9. The van der Waals surface area contributed by atoms with Crippen molar-refractivity contribution in [3.8, 4) is 44.8 Å². The first-order valence-corrected chi connectivity index (χ1v) is 18.9. The van der Waals surface area contributed by atoms with Gasteiger partial charge in [0, 0.05) is 43.7 Å². The summed E-state index contributed by atoms with van der Waals surface area (Å²) < 4.78 is 11.9. The fraction of sp³-hybridized carbons (Fsp3) is 0. The highest BCUT2D eigenvalue weighted by Gasteiger charge is 2.28. The average molecular weight is 699 g/mol. The Morgan fingerprint density at radius 3 is 1.62 bits per heavy atom. The van der Waals surface area contributed by atoms with Gasteiger partial charge >= 0.3 is 0 Å². The largest absolute Gasteiger partial charge is 0.454 e. The molecule has 0 N–H and O–H groups in total. The molecule has 13 rings (SSSR count). The Kier molecular flexibility index (Phi) is 5.63. The van der Waals surface area contributed by atoms with Crippen LogP contribution in [0.1, 0.15) is 0 Å². The fourth-order valence-corrected chi connectivity index (χ4v) is 9.85. The molecule has 0 atom stereocenters. The molecule has 1 aliphatic carbocycles. The quantitative estimate of drug-likeness (QED) is 0.180. The molecule has 3 heteroatoms. The second-order valence-corrected chi connectivity index (χ2v) is 14.8. The lowest BCUT2D eigenvalue weighted by Crippen LogP contribution is -1.96. The molecule has 0 aliphatic heterocycles. The van der Waals surface area contributed by atoms with E-state index in [-0.39, 0.29) is 0 Å². The zero-order chi connectivity index (χ0) is 35.8. The topological polar surface area (TPSA) is 23.0 Å². The van der Waals surface area contributed by atoms with E-state index in [1.165, 1.54) is 76.7 Å². The third-order valence-corrected chi connectivity index (χ3v) is 12.0. The molecule has 254 valence electrons. The Hall–Kier alpha value is -7.36. The summed E-state index contributed by atoms with van der Waals surface area (Å²) in [4.78, 5) is 0. The Balaban J connectivity index is 1.13. The number of para-hydroxylation sites is 4. The van der Waals surface area contributed by atoms with E-state index in [0.717, 1.165) is 44.3 Å². The SMILES string of the molecule is c1ccc(-n2c3ccccc3c3c4c5ccccc5oc4c4c(c5ccccc5n4-c4ccc(-c5ccc6c7c(cccc57)-c5ccccc5-6)cc4)c32)cc1. The lowest BCUT2D eigenvalue weighted by atomic mass is 9.94. The molecular formula is C52H30N2O. The first kappa shape index (κ1) is 29.1. The van der Waals surface area contributed by atoms with E-state index in [9.17, 15) is 0 Å². The van der Waals surface area contributed by atoms with E-state index >= 15 is 0 Å². The van der Waals surface area contributed by atoms with Crippen LogP contribution in [0.25, 0.3) is 121 Å². The van der Waals surface area contributed by atoms with Crippen molar-refractivity contribution in [2.45, 2.75) is 0 Å². The molecule has 0 radical (unpaired) electrons. The Labute approximate surface area is 315 Å². The molecule has 3 heterocycles. The summed E-state index contributed by atoms with van der Waals surface area (Å²) >= 11 is 0. The Bertz CT molecular complexity index is 3550. The molecular weight excluding hydrogens is 669 g/mol. The molecule has 0 saturated carbocycles. The number of rotatable bonds is 3. The molecule has 1 aliphatic rings. The molecule has 12 aromatic rings. The van der Waals surface area contributed by atoms with Crippen LogP contribution in [0, 0.1) is 0 Å². The molecule has 0 fully saturated rings. The first-order chi connectivity index (χ1) is 27.3. The molecule has 0 amide bonds. The van der Waals surface area contributed by atoms with E-state index in [4.69, 9.17) is 4.42 Å². The smallest absolute Gasteiger partial charge is 0.160 e. The van der Waals surface area contributed by atoms with Gasteiger partial charge in [-0.05, 0) is 86.6 Å². The van der Waals surface area contributed by atoms with Gasteiger partial charge in [0.05, 0.1) is 22.1 Å². The number of fused-ring (bicyclic) bond motifs is 15. The van der Waals surface area contributed by atoms with Crippen molar-refractivity contribution >= 4 is 76.3 Å². The number of furan rings is 1. The number of benzene rings is 9. The summed E-state index contributed by atoms with van der Waals surface area (Å²) in [6, 6.07) is 66.2. The lowest BCUT2D eigenvalue weighted by molar-refractivity contribution is 0.671. The van der Waals surface area contributed by atoms with Gasteiger partial charge in [0.1, 0.15) is 5.58 Å². The maximum Gasteiger partial charge on any atom is 0.160 e. The summed E-state index contributed by atoms with van der Waals surface area (Å²) in [6.07, 6.45) is 0. The Morgan fingerprint density at radius 1 is 0.309 bits per heavy atom. The van der Waals surface area contributed by atoms with E-state index in [0.29, 0.717) is 0 Å². The van der Waals surface area contributed by atoms with Gasteiger partial charge in [-0.3, -0.25) is 0 Å². The van der Waals surface area contributed by atoms with Crippen molar-refractivity contribution in [2.75, 3.05) is 0 Å². The van der Waals surface area contributed by atoms with Gasteiger partial charge in [-0.1, -0.05) is 140 Å². The highest BCUT2D eigenvalue weighted by Crippen LogP contribution is 2.51. The molecule has 0 spiro atoms. The third kappa shape index (κ3) is 3.74. The second-order valence-electron chi connectivity index (χ2n) is 14.8. The summed E-state index contributed by atoms with van der Waals surface area (Å²) in [7, 11) is 0. The molecule has 0 unspecified atom stereocenters. The molecule has 55 heavy (non-hydrogen) atoms. The number of aromatic nitrogens is 2. The van der Waals surface area contributed by atoms with Crippen molar-refractivity contribution < 1.29 is 4.42 Å².